The molecule has 0 aliphatic rings. The second-order valence-corrected chi connectivity index (χ2v) is 7.49. The third kappa shape index (κ3) is 7.75. The number of sulfonamides is 1. The highest BCUT2D eigenvalue weighted by atomic mass is 32.2. The highest BCUT2D eigenvalue weighted by Crippen LogP contribution is 2.08. The molecule has 7 nitrogen and oxygen atoms in total. The van der Waals surface area contributed by atoms with Gasteiger partial charge in [-0.1, -0.05) is 30.3 Å². The van der Waals surface area contributed by atoms with Gasteiger partial charge in [-0.2, -0.15) is 4.31 Å². The van der Waals surface area contributed by atoms with Crippen molar-refractivity contribution in [2.75, 3.05) is 19.8 Å². The summed E-state index contributed by atoms with van der Waals surface area (Å²) in [5.74, 6) is -1.39. The average Bonchev–Trinajstić information content (AvgIpc) is 2.44. The van der Waals surface area contributed by atoms with E-state index in [0.717, 1.165) is 16.1 Å². The van der Waals surface area contributed by atoms with E-state index in [1.165, 1.54) is 7.05 Å². The quantitative estimate of drug-likeness (QED) is 0.679. The lowest BCUT2D eigenvalue weighted by Gasteiger charge is -2.20. The van der Waals surface area contributed by atoms with Gasteiger partial charge < -0.3 is 10.4 Å². The number of carbonyl (C=O) groups excluding carboxylic acids is 1. The Bertz CT molecular complexity index is 631. The fourth-order valence-electron chi connectivity index (χ4n) is 2.01. The van der Waals surface area contributed by atoms with Crippen molar-refractivity contribution < 1.29 is 23.1 Å². The fourth-order valence-corrected chi connectivity index (χ4v) is 2.37. The van der Waals surface area contributed by atoms with Crippen molar-refractivity contribution in [1.29, 1.82) is 0 Å². The first-order valence-electron chi connectivity index (χ1n) is 7.15. The van der Waals surface area contributed by atoms with E-state index in [1.807, 2.05) is 30.3 Å². The highest BCUT2D eigenvalue weighted by molar-refractivity contribution is 7.88. The number of aliphatic carboxylic acids is 1. The van der Waals surface area contributed by atoms with Gasteiger partial charge in [0.1, 0.15) is 0 Å². The van der Waals surface area contributed by atoms with Gasteiger partial charge in [-0.25, -0.2) is 8.42 Å². The second-order valence-electron chi connectivity index (χ2n) is 5.41. The lowest BCUT2D eigenvalue weighted by atomic mass is 10.0. The number of rotatable bonds is 9. The van der Waals surface area contributed by atoms with Crippen LogP contribution in [0.5, 0.6) is 0 Å². The Morgan fingerprint density at radius 1 is 1.26 bits per heavy atom. The molecule has 1 rings (SSSR count). The predicted molar refractivity (Wildman–Crippen MR) is 86.4 cm³/mol. The molecule has 0 aliphatic carbocycles. The van der Waals surface area contributed by atoms with Crippen LogP contribution in [0.1, 0.15) is 18.4 Å². The third-order valence-corrected chi connectivity index (χ3v) is 4.59. The molecule has 0 bridgehead atoms. The van der Waals surface area contributed by atoms with Crippen molar-refractivity contribution in [3.8, 4) is 0 Å². The number of nitrogens with zero attached hydrogens (tertiary/aromatic N) is 1. The number of hydrogen-bond acceptors (Lipinski definition) is 4. The van der Waals surface area contributed by atoms with Crippen molar-refractivity contribution >= 4 is 21.9 Å². The maximum Gasteiger partial charge on any atom is 0.303 e. The summed E-state index contributed by atoms with van der Waals surface area (Å²) in [6.07, 6.45) is 1.72. The van der Waals surface area contributed by atoms with Crippen LogP contribution in [-0.2, 0) is 26.0 Å². The summed E-state index contributed by atoms with van der Waals surface area (Å²) in [4.78, 5) is 22.7. The monoisotopic (exact) mass is 342 g/mol. The minimum Gasteiger partial charge on any atom is -0.481 e. The van der Waals surface area contributed by atoms with Gasteiger partial charge in [-0.05, 0) is 18.4 Å². The molecule has 23 heavy (non-hydrogen) atoms. The van der Waals surface area contributed by atoms with Gasteiger partial charge in [0.25, 0.3) is 0 Å². The molecule has 1 unspecified atom stereocenters. The van der Waals surface area contributed by atoms with Crippen LogP contribution in [0.3, 0.4) is 0 Å². The number of carbonyl (C=O) groups is 2. The molecule has 128 valence electrons. The molecule has 0 saturated carbocycles. The number of benzene rings is 1. The van der Waals surface area contributed by atoms with Crippen LogP contribution < -0.4 is 5.32 Å². The zero-order valence-electron chi connectivity index (χ0n) is 13.2. The minimum atomic E-state index is -3.44. The molecule has 1 aromatic rings. The predicted octanol–water partition coefficient (Wildman–Crippen LogP) is 0.470. The summed E-state index contributed by atoms with van der Waals surface area (Å²) in [6.45, 7) is -0.294. The summed E-state index contributed by atoms with van der Waals surface area (Å²) >= 11 is 0. The summed E-state index contributed by atoms with van der Waals surface area (Å²) in [5, 5.41) is 11.5. The van der Waals surface area contributed by atoms with Gasteiger partial charge in [-0.3, -0.25) is 9.59 Å². The van der Waals surface area contributed by atoms with Crippen molar-refractivity contribution in [3.05, 3.63) is 35.9 Å². The van der Waals surface area contributed by atoms with Crippen molar-refractivity contribution in [3.63, 3.8) is 0 Å². The molecule has 0 saturated heterocycles. The molecule has 0 spiro atoms. The molecule has 1 aromatic carbocycles. The van der Waals surface area contributed by atoms with Crippen LogP contribution >= 0.6 is 0 Å². The number of hydrogen-bond donors (Lipinski definition) is 2. The molecule has 1 amide bonds. The number of nitrogens with one attached hydrogen (secondary N) is 1. The second kappa shape index (κ2) is 8.64. The summed E-state index contributed by atoms with van der Waals surface area (Å²) in [5.41, 5.74) is 0.972. The molecule has 0 aromatic heterocycles. The van der Waals surface area contributed by atoms with Crippen LogP contribution in [0.2, 0.25) is 0 Å². The molecule has 2 N–H and O–H groups in total. The fraction of sp³-hybridized carbons (Fsp3) is 0.467. The van der Waals surface area contributed by atoms with Crippen molar-refractivity contribution in [2.45, 2.75) is 25.3 Å². The first-order chi connectivity index (χ1) is 10.7. The van der Waals surface area contributed by atoms with E-state index in [9.17, 15) is 18.0 Å². The largest absolute Gasteiger partial charge is 0.481 e. The lowest BCUT2D eigenvalue weighted by molar-refractivity contribution is -0.137. The standard InChI is InChI=1S/C15H22N2O5S/c1-17(23(2,21)22)11-14(18)16-13(8-9-15(19)20)10-12-6-4-3-5-7-12/h3-7,13H,8-11H2,1-2H3,(H,16,18)(H,19,20). The van der Waals surface area contributed by atoms with E-state index in [0.29, 0.717) is 6.42 Å². The van der Waals surface area contributed by atoms with Crippen LogP contribution in [0.25, 0.3) is 0 Å². The maximum absolute atomic E-state index is 12.0. The lowest BCUT2D eigenvalue weighted by Crippen LogP contribution is -2.43. The summed E-state index contributed by atoms with van der Waals surface area (Å²) in [6, 6.07) is 9.01. The molecule has 0 fully saturated rings. The first kappa shape index (κ1) is 19.1. The smallest absolute Gasteiger partial charge is 0.303 e. The van der Waals surface area contributed by atoms with Gasteiger partial charge in [-0.15, -0.1) is 0 Å². The van der Waals surface area contributed by atoms with Crippen molar-refractivity contribution in [2.24, 2.45) is 0 Å². The van der Waals surface area contributed by atoms with Crippen molar-refractivity contribution in [1.82, 2.24) is 9.62 Å². The van der Waals surface area contributed by atoms with Crippen LogP contribution in [0, 0.1) is 0 Å². The van der Waals surface area contributed by atoms with E-state index < -0.39 is 21.9 Å². The minimum absolute atomic E-state index is 0.0697. The number of carboxylic acids is 1. The summed E-state index contributed by atoms with van der Waals surface area (Å²) in [7, 11) is -2.12. The Balaban J connectivity index is 2.68. The Morgan fingerprint density at radius 3 is 2.39 bits per heavy atom. The normalized spacial score (nSPS) is 12.8. The number of likely N-dealkylation sites (N-methyl/N-ethyl adjacent to an activating group) is 1. The van der Waals surface area contributed by atoms with E-state index in [1.54, 1.807) is 0 Å². The van der Waals surface area contributed by atoms with Gasteiger partial charge in [0.15, 0.2) is 0 Å². The first-order valence-corrected chi connectivity index (χ1v) is 8.99. The molecular formula is C15H22N2O5S. The molecule has 0 heterocycles. The number of carboxylic acid groups (broad SMARTS) is 1. The Morgan fingerprint density at radius 2 is 1.87 bits per heavy atom. The van der Waals surface area contributed by atoms with Gasteiger partial charge in [0.05, 0.1) is 12.8 Å². The van der Waals surface area contributed by atoms with Gasteiger partial charge >= 0.3 is 5.97 Å². The molecule has 0 aliphatic heterocycles. The van der Waals surface area contributed by atoms with E-state index >= 15 is 0 Å². The molecule has 0 radical (unpaired) electrons. The average molecular weight is 342 g/mol. The van der Waals surface area contributed by atoms with E-state index in [2.05, 4.69) is 5.32 Å². The van der Waals surface area contributed by atoms with Crippen LogP contribution in [0.15, 0.2) is 30.3 Å². The van der Waals surface area contributed by atoms with E-state index in [-0.39, 0.29) is 25.4 Å². The van der Waals surface area contributed by atoms with Gasteiger partial charge in [0.2, 0.25) is 15.9 Å². The Hall–Kier alpha value is -1.93. The number of amides is 1. The van der Waals surface area contributed by atoms with Crippen LogP contribution in [-0.4, -0.2) is 55.6 Å². The van der Waals surface area contributed by atoms with Gasteiger partial charge in [0, 0.05) is 19.5 Å². The molecule has 1 atom stereocenters. The SMILES string of the molecule is CN(CC(=O)NC(CCC(=O)O)Cc1ccccc1)S(C)(=O)=O. The maximum atomic E-state index is 12.0. The zero-order valence-corrected chi connectivity index (χ0v) is 14.0. The topological polar surface area (TPSA) is 104 Å². The molecular weight excluding hydrogens is 320 g/mol. The van der Waals surface area contributed by atoms with Crippen LogP contribution in [0.4, 0.5) is 0 Å². The molecule has 8 heteroatoms. The zero-order chi connectivity index (χ0) is 17.5. The Kier molecular flexibility index (Phi) is 7.18. The summed E-state index contributed by atoms with van der Waals surface area (Å²) < 4.78 is 23.6. The highest BCUT2D eigenvalue weighted by Gasteiger charge is 2.19. The third-order valence-electron chi connectivity index (χ3n) is 3.33. The van der Waals surface area contributed by atoms with E-state index in [4.69, 9.17) is 5.11 Å². The Labute approximate surface area is 136 Å².